The molecule has 4 heteroatoms. The van der Waals surface area contributed by atoms with E-state index in [4.69, 9.17) is 0 Å². The van der Waals surface area contributed by atoms with Crippen LogP contribution in [-0.4, -0.2) is 5.51 Å². The first-order valence-corrected chi connectivity index (χ1v) is 5.59. The zero-order valence-electron chi connectivity index (χ0n) is 8.64. The summed E-state index contributed by atoms with van der Waals surface area (Å²) < 4.78 is 36.4. The summed E-state index contributed by atoms with van der Waals surface area (Å²) in [7, 11) is 0. The van der Waals surface area contributed by atoms with Crippen LogP contribution in [0, 0.1) is 0 Å². The van der Waals surface area contributed by atoms with E-state index < -0.39 is 5.51 Å². The molecule has 1 rings (SSSR count). The van der Waals surface area contributed by atoms with Crippen molar-refractivity contribution in [3.05, 3.63) is 29.8 Å². The van der Waals surface area contributed by atoms with Crippen molar-refractivity contribution in [2.24, 2.45) is 0 Å². The second-order valence-electron chi connectivity index (χ2n) is 3.43. The number of rotatable bonds is 3. The van der Waals surface area contributed by atoms with Crippen molar-refractivity contribution in [1.29, 1.82) is 0 Å². The number of alkyl halides is 3. The van der Waals surface area contributed by atoms with Gasteiger partial charge in [-0.15, -0.1) is 0 Å². The summed E-state index contributed by atoms with van der Waals surface area (Å²) in [6.45, 7) is 4.03. The maximum absolute atomic E-state index is 12.1. The molecule has 15 heavy (non-hydrogen) atoms. The topological polar surface area (TPSA) is 0 Å². The second kappa shape index (κ2) is 4.92. The zero-order chi connectivity index (χ0) is 11.5. The molecule has 0 aliphatic rings. The lowest BCUT2D eigenvalue weighted by atomic mass is 9.99. The number of hydrogen-bond acceptors (Lipinski definition) is 1. The van der Waals surface area contributed by atoms with Gasteiger partial charge in [0.2, 0.25) is 0 Å². The molecule has 0 fully saturated rings. The van der Waals surface area contributed by atoms with Crippen molar-refractivity contribution < 1.29 is 13.2 Å². The van der Waals surface area contributed by atoms with Gasteiger partial charge in [-0.25, -0.2) is 0 Å². The van der Waals surface area contributed by atoms with Gasteiger partial charge in [-0.2, -0.15) is 13.2 Å². The first kappa shape index (κ1) is 12.4. The molecule has 0 amide bonds. The van der Waals surface area contributed by atoms with Crippen LogP contribution in [0.25, 0.3) is 0 Å². The first-order valence-electron chi connectivity index (χ1n) is 4.78. The quantitative estimate of drug-likeness (QED) is 0.676. The van der Waals surface area contributed by atoms with Crippen molar-refractivity contribution in [3.63, 3.8) is 0 Å². The van der Waals surface area contributed by atoms with Gasteiger partial charge in [-0.1, -0.05) is 26.0 Å². The lowest BCUT2D eigenvalue weighted by Crippen LogP contribution is -1.99. The minimum atomic E-state index is -4.20. The van der Waals surface area contributed by atoms with E-state index in [9.17, 15) is 13.2 Å². The van der Waals surface area contributed by atoms with Gasteiger partial charge in [0.1, 0.15) is 0 Å². The van der Waals surface area contributed by atoms with Gasteiger partial charge in [-0.05, 0) is 41.8 Å². The van der Waals surface area contributed by atoms with Crippen LogP contribution < -0.4 is 0 Å². The van der Waals surface area contributed by atoms with Crippen molar-refractivity contribution in [2.75, 3.05) is 0 Å². The lowest BCUT2D eigenvalue weighted by molar-refractivity contribution is -0.0328. The highest BCUT2D eigenvalue weighted by Crippen LogP contribution is 2.37. The highest BCUT2D eigenvalue weighted by atomic mass is 32.2. The molecule has 0 nitrogen and oxygen atoms in total. The molecule has 0 aliphatic heterocycles. The Morgan fingerprint density at radius 1 is 1.33 bits per heavy atom. The van der Waals surface area contributed by atoms with E-state index >= 15 is 0 Å². The molecule has 0 saturated carbocycles. The Kier molecular flexibility index (Phi) is 4.08. The van der Waals surface area contributed by atoms with Crippen LogP contribution in [0.1, 0.15) is 31.7 Å². The molecule has 1 aromatic rings. The number of halogens is 3. The minimum absolute atomic E-state index is 0.0572. The van der Waals surface area contributed by atoms with E-state index in [0.29, 0.717) is 5.92 Å². The van der Waals surface area contributed by atoms with Crippen LogP contribution >= 0.6 is 11.8 Å². The molecule has 1 aromatic carbocycles. The summed E-state index contributed by atoms with van der Waals surface area (Å²) in [4.78, 5) is 0.264. The summed E-state index contributed by atoms with van der Waals surface area (Å²) in [5.74, 6) is 0.304. The fourth-order valence-electron chi connectivity index (χ4n) is 1.25. The Morgan fingerprint density at radius 2 is 2.00 bits per heavy atom. The van der Waals surface area contributed by atoms with Crippen LogP contribution in [0.3, 0.4) is 0 Å². The molecule has 0 radical (unpaired) electrons. The fraction of sp³-hybridized carbons (Fsp3) is 0.455. The van der Waals surface area contributed by atoms with Crippen LogP contribution in [0.15, 0.2) is 29.2 Å². The van der Waals surface area contributed by atoms with Crippen molar-refractivity contribution >= 4 is 11.8 Å². The summed E-state index contributed by atoms with van der Waals surface area (Å²) >= 11 is -0.0572. The SMILES string of the molecule is CCC(C)c1cccc(SC(F)(F)F)c1. The van der Waals surface area contributed by atoms with Crippen molar-refractivity contribution in [2.45, 2.75) is 36.6 Å². The van der Waals surface area contributed by atoms with Gasteiger partial charge >= 0.3 is 5.51 Å². The highest BCUT2D eigenvalue weighted by molar-refractivity contribution is 8.00. The average molecular weight is 234 g/mol. The Bertz CT molecular complexity index is 320. The second-order valence-corrected chi connectivity index (χ2v) is 4.57. The van der Waals surface area contributed by atoms with Gasteiger partial charge in [0, 0.05) is 4.90 Å². The van der Waals surface area contributed by atoms with Crippen LogP contribution in [-0.2, 0) is 0 Å². The van der Waals surface area contributed by atoms with Gasteiger partial charge in [0.25, 0.3) is 0 Å². The van der Waals surface area contributed by atoms with Crippen molar-refractivity contribution in [1.82, 2.24) is 0 Å². The zero-order valence-corrected chi connectivity index (χ0v) is 9.45. The molecule has 0 aliphatic carbocycles. The molecule has 84 valence electrons. The van der Waals surface area contributed by atoms with Gasteiger partial charge in [-0.3, -0.25) is 0 Å². The number of thioether (sulfide) groups is 1. The fourth-order valence-corrected chi connectivity index (χ4v) is 1.86. The lowest BCUT2D eigenvalue weighted by Gasteiger charge is -2.11. The van der Waals surface area contributed by atoms with Gasteiger partial charge in [0.15, 0.2) is 0 Å². The third-order valence-electron chi connectivity index (χ3n) is 2.27. The van der Waals surface area contributed by atoms with Crippen molar-refractivity contribution in [3.8, 4) is 0 Å². The summed E-state index contributed by atoms with van der Waals surface area (Å²) in [6.07, 6.45) is 0.931. The monoisotopic (exact) mass is 234 g/mol. The van der Waals surface area contributed by atoms with E-state index in [-0.39, 0.29) is 16.7 Å². The maximum Gasteiger partial charge on any atom is 0.446 e. The van der Waals surface area contributed by atoms with E-state index in [2.05, 4.69) is 0 Å². The Balaban J connectivity index is 2.83. The van der Waals surface area contributed by atoms with E-state index in [1.54, 1.807) is 12.1 Å². The molecule has 0 spiro atoms. The first-order chi connectivity index (χ1) is 6.92. The van der Waals surface area contributed by atoms with E-state index in [0.717, 1.165) is 12.0 Å². The van der Waals surface area contributed by atoms with E-state index in [1.807, 2.05) is 19.9 Å². The molecular formula is C11H13F3S. The molecular weight excluding hydrogens is 221 g/mol. The van der Waals surface area contributed by atoms with Gasteiger partial charge in [0.05, 0.1) is 0 Å². The molecule has 0 heterocycles. The summed E-state index contributed by atoms with van der Waals surface area (Å²) in [5, 5.41) is 0. The summed E-state index contributed by atoms with van der Waals surface area (Å²) in [5.41, 5.74) is -3.24. The predicted molar refractivity (Wildman–Crippen MR) is 57.1 cm³/mol. The average Bonchev–Trinajstić information content (AvgIpc) is 2.14. The number of hydrogen-bond donors (Lipinski definition) is 0. The summed E-state index contributed by atoms with van der Waals surface area (Å²) in [6, 6.07) is 6.65. The Hall–Kier alpha value is -0.640. The number of benzene rings is 1. The van der Waals surface area contributed by atoms with E-state index in [1.165, 1.54) is 6.07 Å². The maximum atomic E-state index is 12.1. The molecule has 0 N–H and O–H groups in total. The smallest absolute Gasteiger partial charge is 0.160 e. The Morgan fingerprint density at radius 3 is 2.53 bits per heavy atom. The largest absolute Gasteiger partial charge is 0.446 e. The van der Waals surface area contributed by atoms with Crippen LogP contribution in [0.2, 0.25) is 0 Å². The minimum Gasteiger partial charge on any atom is -0.160 e. The molecule has 0 bridgehead atoms. The van der Waals surface area contributed by atoms with Crippen LogP contribution in [0.4, 0.5) is 13.2 Å². The molecule has 0 aromatic heterocycles. The third kappa shape index (κ3) is 4.16. The molecule has 1 unspecified atom stereocenters. The predicted octanol–water partition coefficient (Wildman–Crippen LogP) is 4.81. The van der Waals surface area contributed by atoms with Crippen LogP contribution in [0.5, 0.6) is 0 Å². The molecule has 1 atom stereocenters. The highest BCUT2D eigenvalue weighted by Gasteiger charge is 2.29. The molecule has 0 saturated heterocycles. The Labute approximate surface area is 91.9 Å². The standard InChI is InChI=1S/C11H13F3S/c1-3-8(2)9-5-4-6-10(7-9)15-11(12,13)14/h4-8H,3H2,1-2H3. The third-order valence-corrected chi connectivity index (χ3v) is 2.99. The normalized spacial score (nSPS) is 13.9. The van der Waals surface area contributed by atoms with Gasteiger partial charge < -0.3 is 0 Å².